The Morgan fingerprint density at radius 3 is 2.53 bits per heavy atom. The minimum absolute atomic E-state index is 0.229. The van der Waals surface area contributed by atoms with Gasteiger partial charge in [0, 0.05) is 31.1 Å². The maximum atomic E-state index is 12.2. The third-order valence-corrected chi connectivity index (χ3v) is 4.94. The number of aromatic hydroxyl groups is 1. The van der Waals surface area contributed by atoms with E-state index < -0.39 is 0 Å². The molecule has 0 aromatic heterocycles. The second-order valence-corrected chi connectivity index (χ2v) is 6.31. The Labute approximate surface area is 117 Å². The Morgan fingerprint density at radius 1 is 1.26 bits per heavy atom. The molecule has 2 atom stereocenters. The molecular weight excluding hydrogens is 260 g/mol. The van der Waals surface area contributed by atoms with Gasteiger partial charge in [0.05, 0.1) is 5.75 Å². The van der Waals surface area contributed by atoms with E-state index in [-0.39, 0.29) is 11.7 Å². The Bertz CT molecular complexity index is 451. The number of nitrogens with one attached hydrogen (secondary N) is 1. The van der Waals surface area contributed by atoms with E-state index in [9.17, 15) is 9.90 Å². The summed E-state index contributed by atoms with van der Waals surface area (Å²) in [5.74, 6) is 2.28. The number of carbonyl (C=O) groups is 1. The largest absolute Gasteiger partial charge is 0.508 e. The van der Waals surface area contributed by atoms with Crippen LogP contribution in [-0.2, 0) is 4.79 Å². The molecule has 0 saturated carbocycles. The number of rotatable bonds is 3. The van der Waals surface area contributed by atoms with Crippen LogP contribution in [0.25, 0.3) is 0 Å². The van der Waals surface area contributed by atoms with Crippen LogP contribution in [0.15, 0.2) is 29.2 Å². The van der Waals surface area contributed by atoms with E-state index in [1.165, 1.54) is 11.8 Å². The lowest BCUT2D eigenvalue weighted by Gasteiger charge is -2.17. The number of nitrogens with zero attached hydrogens (tertiary/aromatic N) is 1. The molecular formula is C14H18N2O2S. The summed E-state index contributed by atoms with van der Waals surface area (Å²) in [5, 5.41) is 12.6. The molecule has 4 nitrogen and oxygen atoms in total. The summed E-state index contributed by atoms with van der Waals surface area (Å²) in [6.45, 7) is 3.93. The Hall–Kier alpha value is -1.20. The van der Waals surface area contributed by atoms with Gasteiger partial charge in [-0.1, -0.05) is 0 Å². The lowest BCUT2D eigenvalue weighted by molar-refractivity contribution is -0.127. The molecule has 1 aromatic rings. The molecule has 2 fully saturated rings. The molecule has 0 unspecified atom stereocenters. The number of likely N-dealkylation sites (tertiary alicyclic amines) is 1. The number of hydrogen-bond acceptors (Lipinski definition) is 4. The van der Waals surface area contributed by atoms with E-state index in [1.807, 2.05) is 17.0 Å². The lowest BCUT2D eigenvalue weighted by atomic mass is 10.0. The maximum absolute atomic E-state index is 12.2. The van der Waals surface area contributed by atoms with E-state index in [0.717, 1.165) is 31.1 Å². The standard InChI is InChI=1S/C14H18N2O2S/c17-12-1-3-13(4-2-12)19-9-14(18)16-7-10-5-15-6-11(10)8-16/h1-4,10-11,15,17H,5-9H2/t10-,11+. The molecule has 0 radical (unpaired) electrons. The first-order valence-corrected chi connectivity index (χ1v) is 7.61. The van der Waals surface area contributed by atoms with Gasteiger partial charge in [0.1, 0.15) is 5.75 Å². The number of phenols is 1. The van der Waals surface area contributed by atoms with Gasteiger partial charge in [-0.25, -0.2) is 0 Å². The summed E-state index contributed by atoms with van der Waals surface area (Å²) >= 11 is 1.53. The van der Waals surface area contributed by atoms with Crippen LogP contribution in [0.2, 0.25) is 0 Å². The predicted molar refractivity (Wildman–Crippen MR) is 75.3 cm³/mol. The monoisotopic (exact) mass is 278 g/mol. The Kier molecular flexibility index (Phi) is 3.66. The van der Waals surface area contributed by atoms with Crippen molar-refractivity contribution in [3.63, 3.8) is 0 Å². The van der Waals surface area contributed by atoms with Gasteiger partial charge in [0.2, 0.25) is 5.91 Å². The number of benzene rings is 1. The van der Waals surface area contributed by atoms with Gasteiger partial charge in [0.25, 0.3) is 0 Å². The first-order valence-electron chi connectivity index (χ1n) is 6.62. The van der Waals surface area contributed by atoms with Crippen molar-refractivity contribution in [2.24, 2.45) is 11.8 Å². The van der Waals surface area contributed by atoms with E-state index in [2.05, 4.69) is 5.32 Å². The van der Waals surface area contributed by atoms with Crippen molar-refractivity contribution in [2.45, 2.75) is 4.90 Å². The van der Waals surface area contributed by atoms with E-state index in [0.29, 0.717) is 17.6 Å². The molecule has 0 bridgehead atoms. The SMILES string of the molecule is O=C(CSc1ccc(O)cc1)N1C[C@H]2CNC[C@H]2C1. The van der Waals surface area contributed by atoms with E-state index in [4.69, 9.17) is 0 Å². The van der Waals surface area contributed by atoms with Crippen LogP contribution >= 0.6 is 11.8 Å². The van der Waals surface area contributed by atoms with Crippen molar-refractivity contribution in [3.05, 3.63) is 24.3 Å². The second kappa shape index (κ2) is 5.43. The minimum Gasteiger partial charge on any atom is -0.508 e. The molecule has 2 aliphatic rings. The number of thioether (sulfide) groups is 1. The molecule has 2 saturated heterocycles. The molecule has 0 aliphatic carbocycles. The quantitative estimate of drug-likeness (QED) is 0.815. The highest BCUT2D eigenvalue weighted by atomic mass is 32.2. The summed E-state index contributed by atoms with van der Waals surface area (Å²) in [4.78, 5) is 15.2. The first-order chi connectivity index (χ1) is 9.22. The van der Waals surface area contributed by atoms with Crippen LogP contribution in [-0.4, -0.2) is 47.8 Å². The number of phenolic OH excluding ortho intramolecular Hbond substituents is 1. The summed E-state index contributed by atoms with van der Waals surface area (Å²) in [7, 11) is 0. The zero-order valence-electron chi connectivity index (χ0n) is 10.7. The van der Waals surface area contributed by atoms with Crippen LogP contribution in [0, 0.1) is 11.8 Å². The van der Waals surface area contributed by atoms with Crippen LogP contribution < -0.4 is 5.32 Å². The van der Waals surface area contributed by atoms with Gasteiger partial charge in [-0.2, -0.15) is 0 Å². The van der Waals surface area contributed by atoms with E-state index >= 15 is 0 Å². The van der Waals surface area contributed by atoms with Gasteiger partial charge in [-0.15, -0.1) is 11.8 Å². The fourth-order valence-corrected chi connectivity index (χ4v) is 3.64. The van der Waals surface area contributed by atoms with Gasteiger partial charge >= 0.3 is 0 Å². The lowest BCUT2D eigenvalue weighted by Crippen LogP contribution is -2.33. The summed E-state index contributed by atoms with van der Waals surface area (Å²) < 4.78 is 0. The second-order valence-electron chi connectivity index (χ2n) is 5.26. The molecule has 2 N–H and O–H groups in total. The fourth-order valence-electron chi connectivity index (χ4n) is 2.84. The van der Waals surface area contributed by atoms with Gasteiger partial charge in [0.15, 0.2) is 0 Å². The third kappa shape index (κ3) is 2.87. The number of fused-ring (bicyclic) bond motifs is 1. The summed E-state index contributed by atoms with van der Waals surface area (Å²) in [5.41, 5.74) is 0. The minimum atomic E-state index is 0.229. The molecule has 102 valence electrons. The molecule has 2 heterocycles. The normalized spacial score (nSPS) is 25.6. The molecule has 1 aromatic carbocycles. The summed E-state index contributed by atoms with van der Waals surface area (Å²) in [6.07, 6.45) is 0. The summed E-state index contributed by atoms with van der Waals surface area (Å²) in [6, 6.07) is 6.99. The smallest absolute Gasteiger partial charge is 0.232 e. The van der Waals surface area contributed by atoms with Crippen LogP contribution in [0.1, 0.15) is 0 Å². The van der Waals surface area contributed by atoms with Crippen molar-refractivity contribution >= 4 is 17.7 Å². The topological polar surface area (TPSA) is 52.6 Å². The van der Waals surface area contributed by atoms with Crippen LogP contribution in [0.5, 0.6) is 5.75 Å². The zero-order valence-corrected chi connectivity index (χ0v) is 11.5. The predicted octanol–water partition coefficient (Wildman–Crippen LogP) is 1.16. The number of carbonyl (C=O) groups excluding carboxylic acids is 1. The van der Waals surface area contributed by atoms with Gasteiger partial charge in [-0.3, -0.25) is 4.79 Å². The highest BCUT2D eigenvalue weighted by molar-refractivity contribution is 8.00. The molecule has 0 spiro atoms. The molecule has 1 amide bonds. The molecule has 2 aliphatic heterocycles. The highest BCUT2D eigenvalue weighted by Crippen LogP contribution is 2.27. The molecule has 3 rings (SSSR count). The molecule has 19 heavy (non-hydrogen) atoms. The fraction of sp³-hybridized carbons (Fsp3) is 0.500. The zero-order chi connectivity index (χ0) is 13.2. The van der Waals surface area contributed by atoms with Crippen LogP contribution in [0.4, 0.5) is 0 Å². The third-order valence-electron chi connectivity index (χ3n) is 3.94. The average Bonchev–Trinajstić information content (AvgIpc) is 2.98. The maximum Gasteiger partial charge on any atom is 0.232 e. The van der Waals surface area contributed by atoms with E-state index in [1.54, 1.807) is 12.1 Å². The van der Waals surface area contributed by atoms with Crippen molar-refractivity contribution in [1.29, 1.82) is 0 Å². The Balaban J connectivity index is 1.50. The highest BCUT2D eigenvalue weighted by Gasteiger charge is 2.37. The Morgan fingerprint density at radius 2 is 1.89 bits per heavy atom. The van der Waals surface area contributed by atoms with Crippen molar-refractivity contribution in [1.82, 2.24) is 10.2 Å². The number of amides is 1. The average molecular weight is 278 g/mol. The van der Waals surface area contributed by atoms with Gasteiger partial charge < -0.3 is 15.3 Å². The van der Waals surface area contributed by atoms with Crippen LogP contribution in [0.3, 0.4) is 0 Å². The first kappa shape index (κ1) is 12.8. The van der Waals surface area contributed by atoms with Crippen molar-refractivity contribution in [3.8, 4) is 5.75 Å². The van der Waals surface area contributed by atoms with Gasteiger partial charge in [-0.05, 0) is 36.1 Å². The molecule has 5 heteroatoms. The van der Waals surface area contributed by atoms with Crippen molar-refractivity contribution in [2.75, 3.05) is 31.9 Å². The van der Waals surface area contributed by atoms with Crippen molar-refractivity contribution < 1.29 is 9.90 Å². The number of hydrogen-bond donors (Lipinski definition) is 2.